The molecule has 0 aliphatic rings. The zero-order valence-electron chi connectivity index (χ0n) is 8.50. The molecule has 8 heteroatoms. The molecule has 0 aliphatic heterocycles. The molecule has 0 fully saturated rings. The van der Waals surface area contributed by atoms with Gasteiger partial charge in [0.05, 0.1) is 10.2 Å². The summed E-state index contributed by atoms with van der Waals surface area (Å²) in [6.07, 6.45) is 0. The Morgan fingerprint density at radius 2 is 2.18 bits per heavy atom. The highest BCUT2D eigenvalue weighted by Crippen LogP contribution is 2.26. The monoisotopic (exact) mass is 342 g/mol. The molecule has 0 bridgehead atoms. The molecule has 1 aromatic rings. The molecule has 0 amide bonds. The number of halogens is 3. The Bertz CT molecular complexity index is 562. The molecule has 94 valence electrons. The van der Waals surface area contributed by atoms with Gasteiger partial charge in [0.25, 0.3) is 0 Å². The molecule has 0 saturated carbocycles. The zero-order chi connectivity index (χ0) is 13.2. The van der Waals surface area contributed by atoms with E-state index in [0.717, 1.165) is 12.1 Å². The summed E-state index contributed by atoms with van der Waals surface area (Å²) in [5.41, 5.74) is 5.27. The standard InChI is InChI=1S/C9H9BrClFN2O2S/c1-5(11)4-14-17(15,16)9-2-6(10)7(12)3-8(9)13/h2-3,14H,1,4,13H2. The highest BCUT2D eigenvalue weighted by atomic mass is 79.9. The van der Waals surface area contributed by atoms with Gasteiger partial charge in [-0.15, -0.1) is 0 Å². The summed E-state index contributed by atoms with van der Waals surface area (Å²) in [5.74, 6) is -0.636. The second-order valence-corrected chi connectivity index (χ2v) is 6.27. The summed E-state index contributed by atoms with van der Waals surface area (Å²) in [6, 6.07) is 2.01. The molecule has 0 radical (unpaired) electrons. The molecule has 0 saturated heterocycles. The van der Waals surface area contributed by atoms with Gasteiger partial charge in [0.1, 0.15) is 10.7 Å². The summed E-state index contributed by atoms with van der Waals surface area (Å²) in [6.45, 7) is 3.22. The van der Waals surface area contributed by atoms with Crippen LogP contribution in [0.2, 0.25) is 0 Å². The van der Waals surface area contributed by atoms with Gasteiger partial charge in [0.15, 0.2) is 0 Å². The Balaban J connectivity index is 3.15. The van der Waals surface area contributed by atoms with Gasteiger partial charge < -0.3 is 5.73 Å². The fourth-order valence-electron chi connectivity index (χ4n) is 1.03. The number of anilines is 1. The quantitative estimate of drug-likeness (QED) is 0.823. The predicted octanol–water partition coefficient (Wildman–Crippen LogP) is 2.20. The first-order chi connectivity index (χ1) is 7.74. The van der Waals surface area contributed by atoms with Gasteiger partial charge in [-0.1, -0.05) is 18.2 Å². The van der Waals surface area contributed by atoms with Gasteiger partial charge in [-0.25, -0.2) is 17.5 Å². The lowest BCUT2D eigenvalue weighted by Crippen LogP contribution is -2.25. The minimum atomic E-state index is -3.84. The fourth-order valence-corrected chi connectivity index (χ4v) is 2.83. The summed E-state index contributed by atoms with van der Waals surface area (Å²) >= 11 is 8.33. The van der Waals surface area contributed by atoms with Gasteiger partial charge in [-0.05, 0) is 28.1 Å². The van der Waals surface area contributed by atoms with Crippen molar-refractivity contribution >= 4 is 43.2 Å². The van der Waals surface area contributed by atoms with E-state index in [-0.39, 0.29) is 26.6 Å². The molecule has 3 N–H and O–H groups in total. The van der Waals surface area contributed by atoms with Crippen LogP contribution in [0.3, 0.4) is 0 Å². The third kappa shape index (κ3) is 3.67. The molecule has 0 aromatic heterocycles. The van der Waals surface area contributed by atoms with Crippen molar-refractivity contribution in [3.63, 3.8) is 0 Å². The molecular weight excluding hydrogens is 335 g/mol. The minimum Gasteiger partial charge on any atom is -0.398 e. The van der Waals surface area contributed by atoms with Crippen LogP contribution < -0.4 is 10.5 Å². The lowest BCUT2D eigenvalue weighted by Gasteiger charge is -2.09. The lowest BCUT2D eigenvalue weighted by atomic mass is 10.3. The van der Waals surface area contributed by atoms with E-state index in [4.69, 9.17) is 17.3 Å². The van der Waals surface area contributed by atoms with Crippen LogP contribution in [0, 0.1) is 5.82 Å². The molecule has 0 unspecified atom stereocenters. The second kappa shape index (κ2) is 5.34. The van der Waals surface area contributed by atoms with Crippen molar-refractivity contribution in [2.24, 2.45) is 0 Å². The number of hydrogen-bond acceptors (Lipinski definition) is 3. The van der Waals surface area contributed by atoms with Crippen molar-refractivity contribution < 1.29 is 12.8 Å². The van der Waals surface area contributed by atoms with Gasteiger partial charge in [-0.3, -0.25) is 0 Å². The Labute approximate surface area is 112 Å². The normalized spacial score (nSPS) is 11.5. The van der Waals surface area contributed by atoms with Crippen LogP contribution in [0.15, 0.2) is 33.1 Å². The largest absolute Gasteiger partial charge is 0.398 e. The maximum absolute atomic E-state index is 13.1. The third-order valence-corrected chi connectivity index (χ3v) is 3.99. The second-order valence-electron chi connectivity index (χ2n) is 3.15. The van der Waals surface area contributed by atoms with Crippen molar-refractivity contribution in [3.05, 3.63) is 34.0 Å². The Kier molecular flexibility index (Phi) is 4.54. The van der Waals surface area contributed by atoms with Crippen molar-refractivity contribution in [1.82, 2.24) is 4.72 Å². The summed E-state index contributed by atoms with van der Waals surface area (Å²) in [7, 11) is -3.84. The molecular formula is C9H9BrClFN2O2S. The van der Waals surface area contributed by atoms with Gasteiger partial charge in [0.2, 0.25) is 10.0 Å². The van der Waals surface area contributed by atoms with E-state index in [1.165, 1.54) is 0 Å². The lowest BCUT2D eigenvalue weighted by molar-refractivity contribution is 0.584. The number of rotatable bonds is 4. The number of nitrogen functional groups attached to an aromatic ring is 1. The van der Waals surface area contributed by atoms with Crippen LogP contribution >= 0.6 is 27.5 Å². The van der Waals surface area contributed by atoms with Crippen LogP contribution in [-0.2, 0) is 10.0 Å². The first kappa shape index (κ1) is 14.4. The molecule has 0 aliphatic carbocycles. The van der Waals surface area contributed by atoms with Crippen molar-refractivity contribution in [1.29, 1.82) is 0 Å². The van der Waals surface area contributed by atoms with Gasteiger partial charge in [-0.2, -0.15) is 0 Å². The summed E-state index contributed by atoms with van der Waals surface area (Å²) in [4.78, 5) is -0.219. The highest BCUT2D eigenvalue weighted by molar-refractivity contribution is 9.10. The van der Waals surface area contributed by atoms with Crippen molar-refractivity contribution in [2.75, 3.05) is 12.3 Å². The summed E-state index contributed by atoms with van der Waals surface area (Å²) < 4.78 is 38.8. The maximum atomic E-state index is 13.1. The van der Waals surface area contributed by atoms with Crippen LogP contribution in [0.5, 0.6) is 0 Å². The number of nitrogens with two attached hydrogens (primary N) is 1. The van der Waals surface area contributed by atoms with Crippen LogP contribution in [0.4, 0.5) is 10.1 Å². The molecule has 1 rings (SSSR count). The smallest absolute Gasteiger partial charge is 0.242 e. The van der Waals surface area contributed by atoms with Gasteiger partial charge in [0, 0.05) is 11.6 Å². The van der Waals surface area contributed by atoms with Crippen molar-refractivity contribution in [2.45, 2.75) is 4.90 Å². The molecule has 17 heavy (non-hydrogen) atoms. The molecule has 4 nitrogen and oxygen atoms in total. The number of benzene rings is 1. The average Bonchev–Trinajstić information content (AvgIpc) is 2.20. The fraction of sp³-hybridized carbons (Fsp3) is 0.111. The average molecular weight is 344 g/mol. The van der Waals surface area contributed by atoms with E-state index in [1.807, 2.05) is 0 Å². The van der Waals surface area contributed by atoms with Gasteiger partial charge >= 0.3 is 0 Å². The first-order valence-electron chi connectivity index (χ1n) is 4.31. The van der Waals surface area contributed by atoms with E-state index >= 15 is 0 Å². The number of hydrogen-bond donors (Lipinski definition) is 2. The van der Waals surface area contributed by atoms with E-state index in [2.05, 4.69) is 27.2 Å². The van der Waals surface area contributed by atoms with Crippen LogP contribution in [-0.4, -0.2) is 15.0 Å². The van der Waals surface area contributed by atoms with E-state index in [0.29, 0.717) is 0 Å². The zero-order valence-corrected chi connectivity index (χ0v) is 11.7. The predicted molar refractivity (Wildman–Crippen MR) is 68.7 cm³/mol. The molecule has 1 aromatic carbocycles. The van der Waals surface area contributed by atoms with Crippen LogP contribution in [0.25, 0.3) is 0 Å². The minimum absolute atomic E-state index is 0.0109. The Morgan fingerprint density at radius 1 is 1.59 bits per heavy atom. The Hall–Kier alpha value is -0.630. The molecule has 0 spiro atoms. The summed E-state index contributed by atoms with van der Waals surface area (Å²) in [5, 5.41) is 0.133. The highest BCUT2D eigenvalue weighted by Gasteiger charge is 2.19. The van der Waals surface area contributed by atoms with Crippen LogP contribution in [0.1, 0.15) is 0 Å². The first-order valence-corrected chi connectivity index (χ1v) is 6.97. The Morgan fingerprint density at radius 3 is 2.71 bits per heavy atom. The van der Waals surface area contributed by atoms with E-state index < -0.39 is 15.8 Å². The number of nitrogens with one attached hydrogen (secondary N) is 1. The molecule has 0 atom stereocenters. The topological polar surface area (TPSA) is 72.2 Å². The third-order valence-electron chi connectivity index (χ3n) is 1.80. The molecule has 0 heterocycles. The number of sulfonamides is 1. The van der Waals surface area contributed by atoms with Crippen molar-refractivity contribution in [3.8, 4) is 0 Å². The maximum Gasteiger partial charge on any atom is 0.242 e. The van der Waals surface area contributed by atoms with E-state index in [1.54, 1.807) is 0 Å². The van der Waals surface area contributed by atoms with E-state index in [9.17, 15) is 12.8 Å². The SMILES string of the molecule is C=C(Cl)CNS(=O)(=O)c1cc(Br)c(F)cc1N.